The topological polar surface area (TPSA) is 26.3 Å². The Morgan fingerprint density at radius 1 is 1.16 bits per heavy atom. The van der Waals surface area contributed by atoms with E-state index < -0.39 is 0 Å². The highest BCUT2D eigenvalue weighted by atomic mass is 16.5. The van der Waals surface area contributed by atoms with Crippen LogP contribution in [-0.4, -0.2) is 12.9 Å². The van der Waals surface area contributed by atoms with Crippen molar-refractivity contribution in [1.29, 1.82) is 0 Å². The first-order chi connectivity index (χ1) is 9.36. The number of hydrogen-bond donors (Lipinski definition) is 0. The SMILES string of the molecule is CCCCCCOc1ccc(C=CCC[C]=O)cc1. The third-order valence-electron chi connectivity index (χ3n) is 2.87. The lowest BCUT2D eigenvalue weighted by Gasteiger charge is -2.05. The molecule has 0 saturated heterocycles. The lowest BCUT2D eigenvalue weighted by atomic mass is 10.2. The number of unbranched alkanes of at least 4 members (excludes halogenated alkanes) is 4. The molecule has 2 heteroatoms. The molecule has 1 aromatic carbocycles. The van der Waals surface area contributed by atoms with Crippen molar-refractivity contribution < 1.29 is 9.53 Å². The predicted molar refractivity (Wildman–Crippen MR) is 80.0 cm³/mol. The molecular formula is C17H23O2. The number of benzene rings is 1. The molecule has 0 atom stereocenters. The Kier molecular flexibility index (Phi) is 8.45. The van der Waals surface area contributed by atoms with Gasteiger partial charge in [0.05, 0.1) is 6.61 Å². The van der Waals surface area contributed by atoms with Crippen molar-refractivity contribution in [3.05, 3.63) is 35.9 Å². The first-order valence-corrected chi connectivity index (χ1v) is 7.11. The van der Waals surface area contributed by atoms with Crippen molar-refractivity contribution >= 4 is 12.4 Å². The molecule has 0 unspecified atom stereocenters. The van der Waals surface area contributed by atoms with E-state index in [0.29, 0.717) is 6.42 Å². The minimum absolute atomic E-state index is 0.468. The summed E-state index contributed by atoms with van der Waals surface area (Å²) < 4.78 is 5.68. The van der Waals surface area contributed by atoms with Gasteiger partial charge in [-0.1, -0.05) is 50.5 Å². The Balaban J connectivity index is 2.27. The van der Waals surface area contributed by atoms with Crippen molar-refractivity contribution in [2.24, 2.45) is 0 Å². The molecule has 0 fully saturated rings. The van der Waals surface area contributed by atoms with Gasteiger partial charge in [0, 0.05) is 6.42 Å². The summed E-state index contributed by atoms with van der Waals surface area (Å²) in [6.07, 6.45) is 12.0. The van der Waals surface area contributed by atoms with E-state index in [-0.39, 0.29) is 0 Å². The zero-order valence-corrected chi connectivity index (χ0v) is 11.7. The standard InChI is InChI=1S/C17H23O2/c1-2-3-4-8-15-19-17-12-10-16(11-13-17)9-6-5-7-14-18/h6,9-13H,2-5,7-8,15H2,1H3. The fourth-order valence-corrected chi connectivity index (χ4v) is 1.76. The summed E-state index contributed by atoms with van der Waals surface area (Å²) in [6, 6.07) is 8.04. The highest BCUT2D eigenvalue weighted by Crippen LogP contribution is 2.14. The quantitative estimate of drug-likeness (QED) is 0.576. The Labute approximate surface area is 116 Å². The molecule has 1 rings (SSSR count). The van der Waals surface area contributed by atoms with Crippen LogP contribution in [0.3, 0.4) is 0 Å². The summed E-state index contributed by atoms with van der Waals surface area (Å²) >= 11 is 0. The minimum Gasteiger partial charge on any atom is -0.494 e. The maximum absolute atomic E-state index is 10.1. The van der Waals surface area contributed by atoms with Crippen molar-refractivity contribution in [3.63, 3.8) is 0 Å². The molecule has 0 saturated carbocycles. The van der Waals surface area contributed by atoms with Gasteiger partial charge in [0.2, 0.25) is 0 Å². The van der Waals surface area contributed by atoms with E-state index in [4.69, 9.17) is 4.74 Å². The average molecular weight is 259 g/mol. The fourth-order valence-electron chi connectivity index (χ4n) is 1.76. The zero-order valence-electron chi connectivity index (χ0n) is 11.7. The molecule has 0 heterocycles. The smallest absolute Gasteiger partial charge is 0.198 e. The minimum atomic E-state index is 0.468. The van der Waals surface area contributed by atoms with Crippen molar-refractivity contribution in [1.82, 2.24) is 0 Å². The zero-order chi connectivity index (χ0) is 13.8. The highest BCUT2D eigenvalue weighted by molar-refractivity contribution is 5.53. The number of rotatable bonds is 10. The Morgan fingerprint density at radius 3 is 2.63 bits per heavy atom. The van der Waals surface area contributed by atoms with Gasteiger partial charge in [-0.25, -0.2) is 0 Å². The molecule has 0 spiro atoms. The second-order valence-corrected chi connectivity index (χ2v) is 4.56. The van der Waals surface area contributed by atoms with Crippen LogP contribution in [0.1, 0.15) is 51.0 Å². The molecule has 1 radical (unpaired) electrons. The van der Waals surface area contributed by atoms with Crippen LogP contribution in [0.2, 0.25) is 0 Å². The van der Waals surface area contributed by atoms with E-state index in [1.165, 1.54) is 19.3 Å². The van der Waals surface area contributed by atoms with Crippen LogP contribution in [0.5, 0.6) is 5.75 Å². The molecule has 0 aliphatic heterocycles. The van der Waals surface area contributed by atoms with E-state index in [2.05, 4.69) is 6.92 Å². The van der Waals surface area contributed by atoms with Gasteiger partial charge in [-0.3, -0.25) is 4.79 Å². The van der Waals surface area contributed by atoms with Gasteiger partial charge in [-0.05, 0) is 30.5 Å². The van der Waals surface area contributed by atoms with E-state index >= 15 is 0 Å². The number of hydrogen-bond acceptors (Lipinski definition) is 2. The molecule has 0 aliphatic carbocycles. The van der Waals surface area contributed by atoms with Crippen molar-refractivity contribution in [2.75, 3.05) is 6.61 Å². The molecule has 0 aliphatic rings. The molecule has 19 heavy (non-hydrogen) atoms. The van der Waals surface area contributed by atoms with E-state index in [0.717, 1.165) is 30.8 Å². The van der Waals surface area contributed by atoms with Crippen molar-refractivity contribution in [3.8, 4) is 5.75 Å². The molecule has 0 aromatic heterocycles. The van der Waals surface area contributed by atoms with E-state index in [1.54, 1.807) is 0 Å². The summed E-state index contributed by atoms with van der Waals surface area (Å²) in [4.78, 5) is 10.1. The third kappa shape index (κ3) is 7.45. The summed E-state index contributed by atoms with van der Waals surface area (Å²) in [5.41, 5.74) is 1.13. The molecule has 103 valence electrons. The van der Waals surface area contributed by atoms with Gasteiger partial charge >= 0.3 is 0 Å². The van der Waals surface area contributed by atoms with Gasteiger partial charge in [-0.2, -0.15) is 0 Å². The number of allylic oxidation sites excluding steroid dienone is 1. The van der Waals surface area contributed by atoms with Crippen molar-refractivity contribution in [2.45, 2.75) is 45.4 Å². The molecule has 1 aromatic rings. The first-order valence-electron chi connectivity index (χ1n) is 7.11. The second kappa shape index (κ2) is 10.4. The molecule has 0 amide bonds. The predicted octanol–water partition coefficient (Wildman–Crippen LogP) is 4.55. The highest BCUT2D eigenvalue weighted by Gasteiger charge is 1.94. The Bertz CT molecular complexity index is 365. The van der Waals surface area contributed by atoms with E-state index in [9.17, 15) is 4.79 Å². The van der Waals surface area contributed by atoms with Gasteiger partial charge in [0.15, 0.2) is 6.29 Å². The summed E-state index contributed by atoms with van der Waals surface area (Å²) in [6.45, 7) is 3.00. The lowest BCUT2D eigenvalue weighted by Crippen LogP contribution is -1.96. The molecular weight excluding hydrogens is 236 g/mol. The lowest BCUT2D eigenvalue weighted by molar-refractivity contribution is 0.305. The van der Waals surface area contributed by atoms with Gasteiger partial charge in [0.25, 0.3) is 0 Å². The molecule has 2 nitrogen and oxygen atoms in total. The maximum Gasteiger partial charge on any atom is 0.198 e. The largest absolute Gasteiger partial charge is 0.494 e. The fraction of sp³-hybridized carbons (Fsp3) is 0.471. The summed E-state index contributed by atoms with van der Waals surface area (Å²) in [7, 11) is 0. The number of ether oxygens (including phenoxy) is 1. The van der Waals surface area contributed by atoms with Crippen LogP contribution in [0.25, 0.3) is 6.08 Å². The molecule has 0 N–H and O–H groups in total. The van der Waals surface area contributed by atoms with Gasteiger partial charge < -0.3 is 4.74 Å². The van der Waals surface area contributed by atoms with Crippen LogP contribution < -0.4 is 4.74 Å². The first kappa shape index (κ1) is 15.5. The normalized spacial score (nSPS) is 10.8. The van der Waals surface area contributed by atoms with Crippen LogP contribution >= 0.6 is 0 Å². The van der Waals surface area contributed by atoms with Gasteiger partial charge in [0.1, 0.15) is 5.75 Å². The van der Waals surface area contributed by atoms with Crippen LogP contribution in [0.15, 0.2) is 30.3 Å². The Morgan fingerprint density at radius 2 is 1.95 bits per heavy atom. The van der Waals surface area contributed by atoms with Crippen LogP contribution in [0.4, 0.5) is 0 Å². The maximum atomic E-state index is 10.1. The van der Waals surface area contributed by atoms with Gasteiger partial charge in [-0.15, -0.1) is 0 Å². The third-order valence-corrected chi connectivity index (χ3v) is 2.87. The number of carbonyl (C=O) groups excluding carboxylic acids is 1. The van der Waals surface area contributed by atoms with E-state index in [1.807, 2.05) is 42.7 Å². The Hall–Kier alpha value is -1.57. The summed E-state index contributed by atoms with van der Waals surface area (Å²) in [5.74, 6) is 0.926. The average Bonchev–Trinajstić information content (AvgIpc) is 2.45. The van der Waals surface area contributed by atoms with Crippen LogP contribution in [0, 0.1) is 0 Å². The second-order valence-electron chi connectivity index (χ2n) is 4.56. The molecule has 0 bridgehead atoms. The monoisotopic (exact) mass is 259 g/mol. The van der Waals surface area contributed by atoms with Crippen LogP contribution in [-0.2, 0) is 4.79 Å². The summed E-state index contributed by atoms with van der Waals surface area (Å²) in [5, 5.41) is 0.